The van der Waals surface area contributed by atoms with Crippen molar-refractivity contribution in [3.05, 3.63) is 35.5 Å². The van der Waals surface area contributed by atoms with Gasteiger partial charge in [0.05, 0.1) is 19.3 Å². The Kier molecular flexibility index (Phi) is 7.32. The average molecular weight is 442 g/mol. The number of fused-ring (bicyclic) bond motifs is 1. The van der Waals surface area contributed by atoms with E-state index in [0.29, 0.717) is 29.3 Å². The van der Waals surface area contributed by atoms with Gasteiger partial charge in [-0.25, -0.2) is 4.98 Å². The Hall–Kier alpha value is -2.58. The van der Waals surface area contributed by atoms with Gasteiger partial charge in [-0.2, -0.15) is 0 Å². The molecule has 172 valence electrons. The molecule has 1 aromatic heterocycles. The average Bonchev–Trinajstić information content (AvgIpc) is 3.11. The van der Waals surface area contributed by atoms with Crippen LogP contribution in [0, 0.1) is 5.92 Å². The maximum atomic E-state index is 13.5. The van der Waals surface area contributed by atoms with Gasteiger partial charge in [0.2, 0.25) is 5.88 Å². The predicted molar refractivity (Wildman–Crippen MR) is 119 cm³/mol. The number of aromatic nitrogens is 1. The lowest BCUT2D eigenvalue weighted by atomic mass is 9.74. The Labute approximate surface area is 188 Å². The third kappa shape index (κ3) is 4.91. The van der Waals surface area contributed by atoms with Crippen molar-refractivity contribution < 1.29 is 23.8 Å². The van der Waals surface area contributed by atoms with Crippen molar-refractivity contribution >= 4 is 17.4 Å². The van der Waals surface area contributed by atoms with E-state index >= 15 is 0 Å². The summed E-state index contributed by atoms with van der Waals surface area (Å²) >= 11 is 0. The van der Waals surface area contributed by atoms with E-state index in [9.17, 15) is 9.59 Å². The first kappa shape index (κ1) is 22.6. The first-order valence-electron chi connectivity index (χ1n) is 11.4. The molecule has 3 aliphatic rings. The maximum absolute atomic E-state index is 13.5. The van der Waals surface area contributed by atoms with Gasteiger partial charge in [0, 0.05) is 55.7 Å². The zero-order chi connectivity index (χ0) is 22.5. The lowest BCUT2D eigenvalue weighted by Gasteiger charge is -2.38. The van der Waals surface area contributed by atoms with Crippen LogP contribution in [0.4, 0.5) is 0 Å². The van der Waals surface area contributed by atoms with E-state index in [1.54, 1.807) is 25.3 Å². The van der Waals surface area contributed by atoms with Gasteiger partial charge in [-0.1, -0.05) is 6.42 Å². The van der Waals surface area contributed by atoms with Crippen LogP contribution >= 0.6 is 0 Å². The molecule has 8 heteroatoms. The predicted octanol–water partition coefficient (Wildman–Crippen LogP) is 2.52. The second kappa shape index (κ2) is 10.4. The summed E-state index contributed by atoms with van der Waals surface area (Å²) in [6.07, 6.45) is 8.29. The molecule has 4 unspecified atom stereocenters. The Morgan fingerprint density at radius 3 is 2.72 bits per heavy atom. The number of dihydropyridines is 1. The third-order valence-electron chi connectivity index (χ3n) is 6.57. The number of nitrogens with one attached hydrogen (secondary N) is 1. The van der Waals surface area contributed by atoms with Gasteiger partial charge in [0.1, 0.15) is 5.71 Å². The number of carbonyl (C=O) groups is 2. The first-order chi connectivity index (χ1) is 15.6. The van der Waals surface area contributed by atoms with Gasteiger partial charge in [-0.05, 0) is 44.2 Å². The van der Waals surface area contributed by atoms with E-state index in [1.807, 2.05) is 0 Å². The maximum Gasteiger partial charge on any atom is 0.269 e. The van der Waals surface area contributed by atoms with E-state index in [4.69, 9.17) is 19.2 Å². The molecule has 0 bridgehead atoms. The van der Waals surface area contributed by atoms with Gasteiger partial charge in [-0.3, -0.25) is 14.6 Å². The largest absolute Gasteiger partial charge is 0.481 e. The van der Waals surface area contributed by atoms with Crippen molar-refractivity contribution in [3.63, 3.8) is 0 Å². The van der Waals surface area contributed by atoms with E-state index in [0.717, 1.165) is 45.1 Å². The number of ether oxygens (including phenoxy) is 3. The van der Waals surface area contributed by atoms with Crippen molar-refractivity contribution in [2.45, 2.75) is 56.7 Å². The molecule has 8 nitrogen and oxygen atoms in total. The van der Waals surface area contributed by atoms with Crippen molar-refractivity contribution in [3.8, 4) is 5.88 Å². The number of Topliss-reactive ketones (excluding diaryl/α,β-unsaturated/α-hetero) is 1. The molecule has 1 aliphatic carbocycles. The van der Waals surface area contributed by atoms with Crippen LogP contribution in [0.25, 0.3) is 0 Å². The number of ketones is 1. The highest BCUT2D eigenvalue weighted by atomic mass is 16.5. The highest BCUT2D eigenvalue weighted by molar-refractivity contribution is 6.44. The van der Waals surface area contributed by atoms with Crippen LogP contribution in [0.3, 0.4) is 0 Å². The molecule has 0 radical (unpaired) electrons. The highest BCUT2D eigenvalue weighted by Gasteiger charge is 2.41. The molecule has 1 saturated carbocycles. The summed E-state index contributed by atoms with van der Waals surface area (Å²) < 4.78 is 16.3. The molecule has 2 fully saturated rings. The standard InChI is InChI=1S/C24H31N3O5/c1-30-20-7-3-6-17-18(23(28)15-8-9-21(31-2)25-14-15)13-19(27-22(17)20)24(29)26-16-5-4-11-32-12-10-16/h8-9,13-14,16-17,20,22H,3-7,10-12H2,1-2H3,(H,26,29). The summed E-state index contributed by atoms with van der Waals surface area (Å²) in [5, 5.41) is 3.10. The van der Waals surface area contributed by atoms with Crippen LogP contribution in [0.2, 0.25) is 0 Å². The first-order valence-corrected chi connectivity index (χ1v) is 11.4. The number of rotatable bonds is 6. The van der Waals surface area contributed by atoms with Crippen LogP contribution in [-0.2, 0) is 14.3 Å². The summed E-state index contributed by atoms with van der Waals surface area (Å²) in [6.45, 7) is 1.36. The second-order valence-corrected chi connectivity index (χ2v) is 8.55. The Bertz CT molecular complexity index is 887. The zero-order valence-electron chi connectivity index (χ0n) is 18.7. The molecule has 0 spiro atoms. The smallest absolute Gasteiger partial charge is 0.269 e. The van der Waals surface area contributed by atoms with Gasteiger partial charge in [-0.15, -0.1) is 0 Å². The molecule has 4 atom stereocenters. The number of methoxy groups -OCH3 is 2. The summed E-state index contributed by atoms with van der Waals surface area (Å²) in [4.78, 5) is 35.5. The topological polar surface area (TPSA) is 99.1 Å². The normalized spacial score (nSPS) is 27.9. The van der Waals surface area contributed by atoms with Gasteiger partial charge in [0.15, 0.2) is 5.78 Å². The van der Waals surface area contributed by atoms with Gasteiger partial charge >= 0.3 is 0 Å². The summed E-state index contributed by atoms with van der Waals surface area (Å²) in [5.74, 6) is -0.00166. The van der Waals surface area contributed by atoms with E-state index in [-0.39, 0.29) is 35.8 Å². The Morgan fingerprint density at radius 2 is 1.97 bits per heavy atom. The molecule has 0 aromatic carbocycles. The van der Waals surface area contributed by atoms with Crippen LogP contribution in [0.15, 0.2) is 35.0 Å². The molecule has 32 heavy (non-hydrogen) atoms. The van der Waals surface area contributed by atoms with Gasteiger partial charge in [0.25, 0.3) is 5.91 Å². The molecule has 3 heterocycles. The fourth-order valence-electron chi connectivity index (χ4n) is 4.83. The fourth-order valence-corrected chi connectivity index (χ4v) is 4.83. The second-order valence-electron chi connectivity index (χ2n) is 8.55. The lowest BCUT2D eigenvalue weighted by Crippen LogP contribution is -2.46. The minimum atomic E-state index is -0.248. The summed E-state index contributed by atoms with van der Waals surface area (Å²) in [5.41, 5.74) is 1.37. The highest BCUT2D eigenvalue weighted by Crippen LogP contribution is 2.38. The van der Waals surface area contributed by atoms with Crippen molar-refractivity contribution in [1.82, 2.24) is 10.3 Å². The number of carbonyl (C=O) groups excluding carboxylic acids is 2. The third-order valence-corrected chi connectivity index (χ3v) is 6.57. The number of nitrogens with zero attached hydrogens (tertiary/aromatic N) is 2. The Morgan fingerprint density at radius 1 is 1.09 bits per heavy atom. The molecular weight excluding hydrogens is 410 g/mol. The molecule has 1 N–H and O–H groups in total. The van der Waals surface area contributed by atoms with Crippen LogP contribution in [0.5, 0.6) is 5.88 Å². The number of hydrogen-bond donors (Lipinski definition) is 1. The van der Waals surface area contributed by atoms with Crippen molar-refractivity contribution in [1.29, 1.82) is 0 Å². The minimum absolute atomic E-state index is 0.0494. The number of amides is 1. The quantitative estimate of drug-likeness (QED) is 0.681. The van der Waals surface area contributed by atoms with E-state index in [2.05, 4.69) is 10.3 Å². The summed E-state index contributed by atoms with van der Waals surface area (Å²) in [6, 6.07) is 3.18. The van der Waals surface area contributed by atoms with Crippen molar-refractivity contribution in [2.75, 3.05) is 27.4 Å². The monoisotopic (exact) mass is 441 g/mol. The Balaban J connectivity index is 1.61. The summed E-state index contributed by atoms with van der Waals surface area (Å²) in [7, 11) is 3.20. The van der Waals surface area contributed by atoms with Crippen LogP contribution < -0.4 is 10.1 Å². The van der Waals surface area contributed by atoms with Crippen molar-refractivity contribution in [2.24, 2.45) is 10.9 Å². The van der Waals surface area contributed by atoms with Crippen LogP contribution in [0.1, 0.15) is 48.9 Å². The molecule has 2 aliphatic heterocycles. The zero-order valence-corrected chi connectivity index (χ0v) is 18.7. The molecular formula is C24H31N3O5. The molecule has 1 aromatic rings. The molecule has 1 saturated heterocycles. The number of aliphatic imine (C=N–C) groups is 1. The van der Waals surface area contributed by atoms with E-state index in [1.165, 1.54) is 13.3 Å². The van der Waals surface area contributed by atoms with Gasteiger partial charge < -0.3 is 19.5 Å². The molecule has 4 rings (SSSR count). The number of hydrogen-bond acceptors (Lipinski definition) is 7. The van der Waals surface area contributed by atoms with Crippen LogP contribution in [-0.4, -0.2) is 68.0 Å². The minimum Gasteiger partial charge on any atom is -0.481 e. The SMILES string of the molecule is COc1ccc(C(=O)C2=CC(C(=O)NC3CCCOCC3)=NC3C(OC)CCCC23)cn1. The fraction of sp³-hybridized carbons (Fsp3) is 0.583. The lowest BCUT2D eigenvalue weighted by molar-refractivity contribution is -0.115. The number of pyridine rings is 1. The van der Waals surface area contributed by atoms with E-state index < -0.39 is 0 Å². The molecule has 1 amide bonds.